The Hall–Kier alpha value is -0.810. The number of hydrogen-bond acceptors (Lipinski definition) is 1. The van der Waals surface area contributed by atoms with Crippen molar-refractivity contribution in [2.24, 2.45) is 0 Å². The molecule has 0 fully saturated rings. The zero-order chi connectivity index (χ0) is 15.0. The van der Waals surface area contributed by atoms with Crippen molar-refractivity contribution in [1.82, 2.24) is 0 Å². The number of ether oxygens (including phenoxy) is 1. The van der Waals surface area contributed by atoms with Gasteiger partial charge in [-0.05, 0) is 34.7 Å². The fourth-order valence-corrected chi connectivity index (χ4v) is 2.12. The van der Waals surface area contributed by atoms with Crippen LogP contribution in [-0.4, -0.2) is 6.61 Å². The number of rotatable bonds is 2. The van der Waals surface area contributed by atoms with Crippen LogP contribution in [0.1, 0.15) is 11.1 Å². The maximum Gasteiger partial charge on any atom is 0.420 e. The molecule has 1 aromatic carbocycles. The summed E-state index contributed by atoms with van der Waals surface area (Å²) in [6.45, 7) is -3.67. The van der Waals surface area contributed by atoms with Crippen molar-refractivity contribution >= 4 is 22.6 Å². The van der Waals surface area contributed by atoms with Gasteiger partial charge in [-0.3, -0.25) is 0 Å². The topological polar surface area (TPSA) is 9.23 Å². The first kappa shape index (κ1) is 16.2. The van der Waals surface area contributed by atoms with E-state index in [-0.39, 0.29) is 12.1 Å². The van der Waals surface area contributed by atoms with E-state index in [2.05, 4.69) is 4.74 Å². The van der Waals surface area contributed by atoms with E-state index < -0.39 is 39.4 Å². The van der Waals surface area contributed by atoms with Gasteiger partial charge in [-0.1, -0.05) is 0 Å². The molecule has 0 bridgehead atoms. The normalized spacial score (nSPS) is 12.9. The zero-order valence-corrected chi connectivity index (χ0v) is 10.7. The highest BCUT2D eigenvalue weighted by molar-refractivity contribution is 14.1. The molecule has 0 N–H and O–H groups in total. The van der Waals surface area contributed by atoms with Crippen LogP contribution in [0.3, 0.4) is 0 Å². The Balaban J connectivity index is 3.48. The number of halogens is 9. The summed E-state index contributed by atoms with van der Waals surface area (Å²) in [5, 5.41) is 0. The van der Waals surface area contributed by atoms with Crippen molar-refractivity contribution in [1.29, 1.82) is 0 Å². The Morgan fingerprint density at radius 2 is 1.47 bits per heavy atom. The molecule has 0 aromatic heterocycles. The molecule has 0 spiro atoms. The van der Waals surface area contributed by atoms with E-state index in [1.807, 2.05) is 0 Å². The average molecular weight is 406 g/mol. The van der Waals surface area contributed by atoms with E-state index in [9.17, 15) is 35.1 Å². The summed E-state index contributed by atoms with van der Waals surface area (Å²) in [4.78, 5) is 0. The van der Waals surface area contributed by atoms with Crippen LogP contribution in [0.25, 0.3) is 0 Å². The summed E-state index contributed by atoms with van der Waals surface area (Å²) >= 11 is 0.979. The van der Waals surface area contributed by atoms with E-state index in [4.69, 9.17) is 0 Å². The van der Waals surface area contributed by atoms with Gasteiger partial charge in [0.05, 0.1) is 5.56 Å². The molecule has 0 aliphatic carbocycles. The van der Waals surface area contributed by atoms with E-state index in [1.165, 1.54) is 0 Å². The molecule has 0 radical (unpaired) electrons. The lowest BCUT2D eigenvalue weighted by atomic mass is 10.1. The third kappa shape index (κ3) is 4.08. The van der Waals surface area contributed by atoms with Gasteiger partial charge >= 0.3 is 19.0 Å². The second-order valence-corrected chi connectivity index (χ2v) is 4.37. The minimum atomic E-state index is -5.11. The van der Waals surface area contributed by atoms with Crippen LogP contribution < -0.4 is 4.74 Å². The highest BCUT2D eigenvalue weighted by Gasteiger charge is 2.40. The molecule has 0 unspecified atom stereocenters. The minimum absolute atomic E-state index is 0.100. The van der Waals surface area contributed by atoms with Crippen molar-refractivity contribution in [2.75, 3.05) is 0 Å². The fourth-order valence-electron chi connectivity index (χ4n) is 1.21. The standard InChI is InChI=1S/C9H3F8IO/c10-7(11)19-5-2-3(8(12,13)14)1-4(18)6(5)9(15,16)17/h1-2,7H. The predicted molar refractivity (Wildman–Crippen MR) is 55.8 cm³/mol. The average Bonchev–Trinajstić information content (AvgIpc) is 2.11. The summed E-state index contributed by atoms with van der Waals surface area (Å²) < 4.78 is 101. The summed E-state index contributed by atoms with van der Waals surface area (Å²) in [5.41, 5.74) is -3.16. The largest absolute Gasteiger partial charge is 0.434 e. The summed E-state index contributed by atoms with van der Waals surface area (Å²) in [6.07, 6.45) is -10.1. The number of benzene rings is 1. The van der Waals surface area contributed by atoms with Gasteiger partial charge < -0.3 is 4.74 Å². The second-order valence-electron chi connectivity index (χ2n) is 3.21. The van der Waals surface area contributed by atoms with Crippen molar-refractivity contribution in [2.45, 2.75) is 19.0 Å². The van der Waals surface area contributed by atoms with Gasteiger partial charge in [-0.2, -0.15) is 35.1 Å². The van der Waals surface area contributed by atoms with Gasteiger partial charge in [-0.15, -0.1) is 0 Å². The molecule has 1 rings (SSSR count). The Morgan fingerprint density at radius 3 is 1.84 bits per heavy atom. The lowest BCUT2D eigenvalue weighted by Crippen LogP contribution is -2.16. The van der Waals surface area contributed by atoms with Gasteiger partial charge in [-0.25, -0.2) is 0 Å². The number of alkyl halides is 8. The first-order valence-corrected chi connectivity index (χ1v) is 5.43. The van der Waals surface area contributed by atoms with E-state index >= 15 is 0 Å². The maximum absolute atomic E-state index is 12.6. The summed E-state index contributed by atoms with van der Waals surface area (Å²) in [5.74, 6) is -1.55. The van der Waals surface area contributed by atoms with Gasteiger partial charge in [0.25, 0.3) is 0 Å². The molecule has 0 aliphatic heterocycles. The Bertz CT molecular complexity index is 465. The molecule has 0 amide bonds. The van der Waals surface area contributed by atoms with Crippen LogP contribution >= 0.6 is 22.6 Å². The third-order valence-electron chi connectivity index (χ3n) is 1.88. The molecule has 0 saturated carbocycles. The molecular formula is C9H3F8IO. The van der Waals surface area contributed by atoms with Crippen molar-refractivity contribution in [3.05, 3.63) is 26.8 Å². The van der Waals surface area contributed by atoms with Crippen molar-refractivity contribution in [3.8, 4) is 5.75 Å². The van der Waals surface area contributed by atoms with Gasteiger partial charge in [0.1, 0.15) is 11.3 Å². The minimum Gasteiger partial charge on any atom is -0.434 e. The van der Waals surface area contributed by atoms with Crippen LogP contribution in [0.5, 0.6) is 5.75 Å². The molecule has 1 nitrogen and oxygen atoms in total. The molecule has 0 saturated heterocycles. The lowest BCUT2D eigenvalue weighted by Gasteiger charge is -2.17. The Kier molecular flexibility index (Phi) is 4.52. The predicted octanol–water partition coefficient (Wildman–Crippen LogP) is 4.93. The lowest BCUT2D eigenvalue weighted by molar-refractivity contribution is -0.145. The number of hydrogen-bond donors (Lipinski definition) is 0. The first-order valence-electron chi connectivity index (χ1n) is 4.35. The Labute approximate surface area is 114 Å². The Morgan fingerprint density at radius 1 is 0.947 bits per heavy atom. The van der Waals surface area contributed by atoms with Gasteiger partial charge in [0.15, 0.2) is 0 Å². The van der Waals surface area contributed by atoms with Crippen LogP contribution in [0.2, 0.25) is 0 Å². The highest BCUT2D eigenvalue weighted by Crippen LogP contribution is 2.43. The van der Waals surface area contributed by atoms with Gasteiger partial charge in [0, 0.05) is 3.57 Å². The van der Waals surface area contributed by atoms with Crippen LogP contribution in [0.15, 0.2) is 12.1 Å². The van der Waals surface area contributed by atoms with E-state index in [0.717, 1.165) is 22.6 Å². The molecular weight excluding hydrogens is 403 g/mol. The molecule has 108 valence electrons. The van der Waals surface area contributed by atoms with E-state index in [0.29, 0.717) is 0 Å². The molecule has 0 aliphatic rings. The van der Waals surface area contributed by atoms with Crippen molar-refractivity contribution < 1.29 is 39.9 Å². The summed E-state index contributed by atoms with van der Waals surface area (Å²) in [6, 6.07) is 0.110. The van der Waals surface area contributed by atoms with E-state index in [1.54, 1.807) is 0 Å². The smallest absolute Gasteiger partial charge is 0.420 e. The van der Waals surface area contributed by atoms with Crippen molar-refractivity contribution in [3.63, 3.8) is 0 Å². The van der Waals surface area contributed by atoms with Crippen LogP contribution in [0, 0.1) is 3.57 Å². The molecule has 1 aromatic rings. The summed E-state index contributed by atoms with van der Waals surface area (Å²) in [7, 11) is 0. The molecule has 19 heavy (non-hydrogen) atoms. The van der Waals surface area contributed by atoms with Crippen LogP contribution in [0.4, 0.5) is 35.1 Å². The second kappa shape index (κ2) is 5.29. The third-order valence-corrected chi connectivity index (χ3v) is 2.73. The molecule has 0 heterocycles. The maximum atomic E-state index is 12.6. The quantitative estimate of drug-likeness (QED) is 0.500. The van der Waals surface area contributed by atoms with Gasteiger partial charge in [0.2, 0.25) is 0 Å². The SMILES string of the molecule is FC(F)Oc1cc(C(F)(F)F)cc(I)c1C(F)(F)F. The molecule has 10 heteroatoms. The molecule has 0 atom stereocenters. The fraction of sp³-hybridized carbons (Fsp3) is 0.333. The first-order chi connectivity index (χ1) is 8.43. The highest BCUT2D eigenvalue weighted by atomic mass is 127. The zero-order valence-electron chi connectivity index (χ0n) is 8.54. The monoisotopic (exact) mass is 406 g/mol. The van der Waals surface area contributed by atoms with Crippen LogP contribution in [-0.2, 0) is 12.4 Å².